The van der Waals surface area contributed by atoms with Crippen molar-refractivity contribution < 1.29 is 33.8 Å². The number of unbranched alkanes of at least 4 members (excludes halogenated alkanes) is 2. The number of para-hydroxylation sites is 1. The monoisotopic (exact) mass is 579 g/mol. The van der Waals surface area contributed by atoms with Crippen LogP contribution in [0, 0.1) is 25.7 Å². The number of nitrogens with zero attached hydrogens (tertiary/aromatic N) is 2. The average molecular weight is 580 g/mol. The predicted molar refractivity (Wildman–Crippen MR) is 155 cm³/mol. The second-order valence-electron chi connectivity index (χ2n) is 11.8. The second-order valence-corrected chi connectivity index (χ2v) is 11.8. The van der Waals surface area contributed by atoms with Crippen LogP contribution in [0.1, 0.15) is 50.2 Å². The average Bonchev–Trinajstić information content (AvgIpc) is 3.59. The topological polar surface area (TPSA) is 125 Å². The maximum atomic E-state index is 14.8. The quantitative estimate of drug-likeness (QED) is 0.301. The summed E-state index contributed by atoms with van der Waals surface area (Å²) in [5, 5.41) is 12.1. The zero-order valence-corrected chi connectivity index (χ0v) is 24.6. The summed E-state index contributed by atoms with van der Waals surface area (Å²) in [7, 11) is 0. The first kappa shape index (κ1) is 30.0. The van der Waals surface area contributed by atoms with E-state index in [1.165, 1.54) is 0 Å². The number of amides is 3. The van der Waals surface area contributed by atoms with Gasteiger partial charge in [-0.2, -0.15) is 0 Å². The molecule has 4 heterocycles. The molecule has 0 unspecified atom stereocenters. The molecule has 0 aliphatic carbocycles. The summed E-state index contributed by atoms with van der Waals surface area (Å²) in [6.45, 7) is 6.35. The third-order valence-electron chi connectivity index (χ3n) is 8.81. The predicted octanol–water partition coefficient (Wildman–Crippen LogP) is 2.35. The van der Waals surface area contributed by atoms with Crippen LogP contribution in [0.25, 0.3) is 0 Å². The van der Waals surface area contributed by atoms with E-state index in [0.29, 0.717) is 32.2 Å². The number of carbonyl (C=O) groups excluding carboxylic acids is 4. The van der Waals surface area contributed by atoms with E-state index >= 15 is 0 Å². The van der Waals surface area contributed by atoms with E-state index in [1.54, 1.807) is 28.9 Å². The summed E-state index contributed by atoms with van der Waals surface area (Å²) in [5.74, 6) is -3.12. The number of nitrogens with one attached hydrogen (secondary N) is 1. The molecule has 1 aromatic carbocycles. The van der Waals surface area contributed by atoms with Crippen molar-refractivity contribution in [3.63, 3.8) is 0 Å². The zero-order valence-electron chi connectivity index (χ0n) is 24.6. The van der Waals surface area contributed by atoms with Gasteiger partial charge in [-0.1, -0.05) is 42.5 Å². The Labute approximate surface area is 246 Å². The molecule has 2 N–H and O–H groups in total. The molecule has 0 aromatic heterocycles. The Kier molecular flexibility index (Phi) is 8.84. The van der Waals surface area contributed by atoms with E-state index in [0.717, 1.165) is 16.8 Å². The van der Waals surface area contributed by atoms with Gasteiger partial charge < -0.3 is 29.7 Å². The van der Waals surface area contributed by atoms with Crippen LogP contribution in [0.2, 0.25) is 0 Å². The number of likely N-dealkylation sites (tertiary alicyclic amines) is 1. The molecule has 3 amide bonds. The van der Waals surface area contributed by atoms with Crippen molar-refractivity contribution in [2.45, 2.75) is 76.7 Å². The van der Waals surface area contributed by atoms with E-state index in [1.807, 2.05) is 44.2 Å². The number of hydrogen-bond acceptors (Lipinski definition) is 7. The number of allylic oxidation sites excluding steroid dienone is 1. The Morgan fingerprint density at radius 1 is 1.05 bits per heavy atom. The number of rotatable bonds is 6. The summed E-state index contributed by atoms with van der Waals surface area (Å²) in [5.41, 5.74) is 1.29. The fraction of sp³-hybridized carbons (Fsp3) is 0.562. The number of hydrogen-bond donors (Lipinski definition) is 2. The third kappa shape index (κ3) is 5.38. The number of carbonyl (C=O) groups is 4. The summed E-state index contributed by atoms with van der Waals surface area (Å²) in [6, 6.07) is 4.86. The Hall–Kier alpha value is -3.50. The van der Waals surface area contributed by atoms with Crippen LogP contribution in [-0.2, 0) is 28.7 Å². The number of cyclic esters (lactones) is 1. The molecule has 2 saturated heterocycles. The van der Waals surface area contributed by atoms with Crippen molar-refractivity contribution in [2.75, 3.05) is 31.1 Å². The smallest absolute Gasteiger partial charge is 0.313 e. The number of aryl methyl sites for hydroxylation is 2. The Morgan fingerprint density at radius 3 is 2.55 bits per heavy atom. The minimum absolute atomic E-state index is 0.0512. The standard InChI is InChI=1S/C32H41N3O7/c1-20-11-10-12-21(2)27(20)34-16-7-4-6-13-24(37)33-19-22(3)41-31(40)25-23-14-15-32(42-23)26(25)29(38)35(28(32)30(34)39)17-8-5-9-18-36/h4,7,10-12,14-15,22-23,25-26,28,36H,5-6,8-9,13,16-19H2,1-3H3,(H,33,37)/b7-4-/t22-,23+,25-,26-,28+,32-/m1/s1. The van der Waals surface area contributed by atoms with Crippen molar-refractivity contribution in [3.05, 3.63) is 53.6 Å². The van der Waals surface area contributed by atoms with E-state index in [2.05, 4.69) is 5.32 Å². The number of fused-ring (bicyclic) bond motifs is 2. The maximum absolute atomic E-state index is 14.8. The molecule has 1 aromatic rings. The van der Waals surface area contributed by atoms with Crippen LogP contribution in [0.15, 0.2) is 42.5 Å². The van der Waals surface area contributed by atoms with Gasteiger partial charge in [-0.05, 0) is 57.6 Å². The lowest BCUT2D eigenvalue weighted by Gasteiger charge is -2.36. The minimum atomic E-state index is -1.30. The molecule has 42 heavy (non-hydrogen) atoms. The minimum Gasteiger partial charge on any atom is -0.460 e. The number of aliphatic hydroxyl groups excluding tert-OH is 1. The molecule has 2 fully saturated rings. The third-order valence-corrected chi connectivity index (χ3v) is 8.81. The Bertz CT molecular complexity index is 1270. The van der Waals surface area contributed by atoms with E-state index in [4.69, 9.17) is 9.47 Å². The van der Waals surface area contributed by atoms with Gasteiger partial charge in [-0.15, -0.1) is 0 Å². The molecule has 4 aliphatic heterocycles. The summed E-state index contributed by atoms with van der Waals surface area (Å²) < 4.78 is 12.2. The van der Waals surface area contributed by atoms with Gasteiger partial charge in [0.1, 0.15) is 23.7 Å². The molecule has 10 nitrogen and oxygen atoms in total. The van der Waals surface area contributed by atoms with Crippen LogP contribution in [0.4, 0.5) is 5.69 Å². The summed E-state index contributed by atoms with van der Waals surface area (Å²) in [6.07, 6.45) is 8.68. The first-order valence-electron chi connectivity index (χ1n) is 15.0. The van der Waals surface area contributed by atoms with Gasteiger partial charge in [0.25, 0.3) is 5.91 Å². The zero-order chi connectivity index (χ0) is 30.0. The highest BCUT2D eigenvalue weighted by Gasteiger charge is 2.73. The normalized spacial score (nSPS) is 32.2. The highest BCUT2D eigenvalue weighted by Crippen LogP contribution is 2.56. The van der Waals surface area contributed by atoms with E-state index in [-0.39, 0.29) is 43.8 Å². The van der Waals surface area contributed by atoms with Gasteiger partial charge in [0.15, 0.2) is 0 Å². The Morgan fingerprint density at radius 2 is 1.81 bits per heavy atom. The van der Waals surface area contributed by atoms with Crippen molar-refractivity contribution in [3.8, 4) is 0 Å². The van der Waals surface area contributed by atoms with Gasteiger partial charge in [0, 0.05) is 31.8 Å². The van der Waals surface area contributed by atoms with Crippen molar-refractivity contribution in [2.24, 2.45) is 11.8 Å². The van der Waals surface area contributed by atoms with Gasteiger partial charge in [-0.3, -0.25) is 19.2 Å². The number of aliphatic hydroxyl groups is 1. The van der Waals surface area contributed by atoms with Crippen LogP contribution in [0.5, 0.6) is 0 Å². The number of anilines is 1. The van der Waals surface area contributed by atoms with E-state index in [9.17, 15) is 24.3 Å². The van der Waals surface area contributed by atoms with Crippen LogP contribution in [0.3, 0.4) is 0 Å². The van der Waals surface area contributed by atoms with E-state index < -0.39 is 41.7 Å². The molecule has 6 atom stereocenters. The van der Waals surface area contributed by atoms with Crippen LogP contribution in [-0.4, -0.2) is 83.8 Å². The van der Waals surface area contributed by atoms with Crippen molar-refractivity contribution in [1.82, 2.24) is 10.2 Å². The first-order chi connectivity index (χ1) is 20.2. The Balaban J connectivity index is 1.59. The maximum Gasteiger partial charge on any atom is 0.313 e. The molecule has 226 valence electrons. The van der Waals surface area contributed by atoms with Crippen LogP contribution < -0.4 is 10.2 Å². The van der Waals surface area contributed by atoms with Gasteiger partial charge >= 0.3 is 5.97 Å². The van der Waals surface area contributed by atoms with Gasteiger partial charge in [-0.25, -0.2) is 0 Å². The SMILES string of the molecule is Cc1cccc(C)c1N1C/C=C\CCC(=O)NC[C@@H](C)OC(=O)[C@@H]2[C@@H]3C=C[C@]4(O3)[C@H](C1=O)N(CCCCCO)C(=O)[C@@H]24. The fourth-order valence-electron chi connectivity index (χ4n) is 6.88. The lowest BCUT2D eigenvalue weighted by Crippen LogP contribution is -2.56. The second kappa shape index (κ2) is 12.4. The first-order valence-corrected chi connectivity index (χ1v) is 15.0. The largest absolute Gasteiger partial charge is 0.460 e. The van der Waals surface area contributed by atoms with Gasteiger partial charge in [0.05, 0.1) is 18.6 Å². The molecular weight excluding hydrogens is 538 g/mol. The molecular formula is C32H41N3O7. The molecule has 4 aliphatic rings. The van der Waals surface area contributed by atoms with Gasteiger partial charge in [0.2, 0.25) is 11.8 Å². The highest BCUT2D eigenvalue weighted by atomic mass is 16.6. The molecule has 1 spiro atoms. The lowest BCUT2D eigenvalue weighted by atomic mass is 9.74. The lowest BCUT2D eigenvalue weighted by molar-refractivity contribution is -0.158. The molecule has 5 rings (SSSR count). The number of ether oxygens (including phenoxy) is 2. The fourth-order valence-corrected chi connectivity index (χ4v) is 6.88. The van der Waals surface area contributed by atoms with Crippen LogP contribution >= 0.6 is 0 Å². The molecule has 0 saturated carbocycles. The number of benzene rings is 1. The number of esters is 1. The summed E-state index contributed by atoms with van der Waals surface area (Å²) in [4.78, 5) is 58.2. The molecule has 0 radical (unpaired) electrons. The molecule has 10 heteroatoms. The molecule has 5 bridgehead atoms. The van der Waals surface area contributed by atoms with Crippen molar-refractivity contribution in [1.29, 1.82) is 0 Å². The van der Waals surface area contributed by atoms with Crippen molar-refractivity contribution >= 4 is 29.4 Å². The highest BCUT2D eigenvalue weighted by molar-refractivity contribution is 6.06. The summed E-state index contributed by atoms with van der Waals surface area (Å²) >= 11 is 0.